The highest BCUT2D eigenvalue weighted by Crippen LogP contribution is 2.31. The summed E-state index contributed by atoms with van der Waals surface area (Å²) >= 11 is 15.4. The molecule has 4 nitrogen and oxygen atoms in total. The third-order valence-electron chi connectivity index (χ3n) is 4.30. The van der Waals surface area contributed by atoms with Gasteiger partial charge in [-0.15, -0.1) is 0 Å². The van der Waals surface area contributed by atoms with Crippen molar-refractivity contribution in [1.82, 2.24) is 5.32 Å². The van der Waals surface area contributed by atoms with Gasteiger partial charge in [-0.05, 0) is 64.7 Å². The van der Waals surface area contributed by atoms with E-state index in [1.54, 1.807) is 11.0 Å². The highest BCUT2D eigenvalue weighted by molar-refractivity contribution is 9.10. The average Bonchev–Trinajstić information content (AvgIpc) is 2.96. The molecular formula is C19H17BrCl2N2O2. The van der Waals surface area contributed by atoms with Crippen molar-refractivity contribution in [2.75, 3.05) is 18.0 Å². The van der Waals surface area contributed by atoms with Crippen molar-refractivity contribution < 1.29 is 9.59 Å². The first-order valence-corrected chi connectivity index (χ1v) is 9.79. The third-order valence-corrected chi connectivity index (χ3v) is 5.41. The van der Waals surface area contributed by atoms with Crippen LogP contribution in [0.4, 0.5) is 5.69 Å². The first kappa shape index (κ1) is 19.2. The Hall–Kier alpha value is -1.56. The maximum absolute atomic E-state index is 12.6. The van der Waals surface area contributed by atoms with Gasteiger partial charge >= 0.3 is 0 Å². The maximum Gasteiger partial charge on any atom is 0.239 e. The Bertz CT molecular complexity index is 824. The fourth-order valence-corrected chi connectivity index (χ4v) is 4.11. The number of hydrogen-bond donors (Lipinski definition) is 1. The zero-order valence-electron chi connectivity index (χ0n) is 13.8. The lowest BCUT2D eigenvalue weighted by atomic mass is 10.1. The molecule has 2 aromatic rings. The van der Waals surface area contributed by atoms with Gasteiger partial charge in [0.15, 0.2) is 0 Å². The molecule has 1 heterocycles. The summed E-state index contributed by atoms with van der Waals surface area (Å²) in [6.07, 6.45) is 1.11. The molecule has 1 aliphatic rings. The second-order valence-corrected chi connectivity index (χ2v) is 7.83. The maximum atomic E-state index is 12.6. The van der Waals surface area contributed by atoms with Crippen LogP contribution in [0.25, 0.3) is 0 Å². The quantitative estimate of drug-likeness (QED) is 0.676. The van der Waals surface area contributed by atoms with Gasteiger partial charge in [0.2, 0.25) is 11.8 Å². The largest absolute Gasteiger partial charge is 0.355 e. The van der Waals surface area contributed by atoms with Crippen LogP contribution in [0.15, 0.2) is 46.9 Å². The molecular weight excluding hydrogens is 439 g/mol. The lowest BCUT2D eigenvalue weighted by Gasteiger charge is -2.18. The molecule has 3 rings (SSSR count). The van der Waals surface area contributed by atoms with Gasteiger partial charge in [-0.1, -0.05) is 35.3 Å². The summed E-state index contributed by atoms with van der Waals surface area (Å²) < 4.78 is 0.840. The van der Waals surface area contributed by atoms with Crippen LogP contribution in [0, 0.1) is 5.92 Å². The zero-order chi connectivity index (χ0) is 18.7. The average molecular weight is 456 g/mol. The standard InChI is InChI=1S/C19H17BrCl2N2O2/c20-16-3-1-2-4-17(16)24-8-6-15(19(24)26)18(25)23-7-5-12-9-13(21)11-14(22)10-12/h1-4,9-11,15H,5-8H2,(H,23,25). The Morgan fingerprint density at radius 3 is 2.58 bits per heavy atom. The predicted molar refractivity (Wildman–Crippen MR) is 108 cm³/mol. The number of amides is 2. The van der Waals surface area contributed by atoms with Crippen molar-refractivity contribution in [2.24, 2.45) is 5.92 Å². The molecule has 0 saturated carbocycles. The fourth-order valence-electron chi connectivity index (χ4n) is 3.04. The van der Waals surface area contributed by atoms with Crippen molar-refractivity contribution in [1.29, 1.82) is 0 Å². The smallest absolute Gasteiger partial charge is 0.239 e. The molecule has 2 amide bonds. The summed E-state index contributed by atoms with van der Waals surface area (Å²) in [5, 5.41) is 3.97. The SMILES string of the molecule is O=C(NCCc1cc(Cl)cc(Cl)c1)C1CCN(c2ccccc2Br)C1=O. The Kier molecular flexibility index (Phi) is 6.22. The minimum absolute atomic E-state index is 0.166. The molecule has 0 aliphatic carbocycles. The second-order valence-electron chi connectivity index (χ2n) is 6.10. The van der Waals surface area contributed by atoms with E-state index in [0.717, 1.165) is 15.7 Å². The van der Waals surface area contributed by atoms with Crippen LogP contribution < -0.4 is 10.2 Å². The molecule has 0 spiro atoms. The number of carbonyl (C=O) groups excluding carboxylic acids is 2. The van der Waals surface area contributed by atoms with Crippen LogP contribution in [0.1, 0.15) is 12.0 Å². The highest BCUT2D eigenvalue weighted by atomic mass is 79.9. The van der Waals surface area contributed by atoms with Crippen molar-refractivity contribution in [3.05, 3.63) is 62.5 Å². The van der Waals surface area contributed by atoms with Gasteiger partial charge in [0.25, 0.3) is 0 Å². The van der Waals surface area contributed by atoms with Crippen LogP contribution in [-0.2, 0) is 16.0 Å². The highest BCUT2D eigenvalue weighted by Gasteiger charge is 2.37. The van der Waals surface area contributed by atoms with Crippen LogP contribution in [0.3, 0.4) is 0 Å². The number of anilines is 1. The van der Waals surface area contributed by atoms with Gasteiger partial charge in [0.05, 0.1) is 5.69 Å². The van der Waals surface area contributed by atoms with E-state index in [1.165, 1.54) is 0 Å². The Morgan fingerprint density at radius 1 is 1.19 bits per heavy atom. The Morgan fingerprint density at radius 2 is 1.88 bits per heavy atom. The first-order valence-electron chi connectivity index (χ1n) is 8.24. The van der Waals surface area contributed by atoms with E-state index < -0.39 is 5.92 Å². The zero-order valence-corrected chi connectivity index (χ0v) is 16.9. The molecule has 1 N–H and O–H groups in total. The van der Waals surface area contributed by atoms with E-state index in [1.807, 2.05) is 36.4 Å². The summed E-state index contributed by atoms with van der Waals surface area (Å²) in [5.41, 5.74) is 1.73. The van der Waals surface area contributed by atoms with E-state index >= 15 is 0 Å². The molecule has 7 heteroatoms. The lowest BCUT2D eigenvalue weighted by Crippen LogP contribution is -2.37. The fraction of sp³-hybridized carbons (Fsp3) is 0.263. The number of benzene rings is 2. The topological polar surface area (TPSA) is 49.4 Å². The molecule has 26 heavy (non-hydrogen) atoms. The summed E-state index contributed by atoms with van der Waals surface area (Å²) in [4.78, 5) is 26.7. The molecule has 1 saturated heterocycles. The normalized spacial score (nSPS) is 16.8. The molecule has 136 valence electrons. The number of nitrogens with zero attached hydrogens (tertiary/aromatic N) is 1. The van der Waals surface area contributed by atoms with Crippen LogP contribution >= 0.6 is 39.1 Å². The minimum atomic E-state index is -0.648. The van der Waals surface area contributed by atoms with Gasteiger partial charge in [-0.25, -0.2) is 0 Å². The minimum Gasteiger partial charge on any atom is -0.355 e. The lowest BCUT2D eigenvalue weighted by molar-refractivity contribution is -0.132. The summed E-state index contributed by atoms with van der Waals surface area (Å²) in [7, 11) is 0. The van der Waals surface area contributed by atoms with Gasteiger partial charge in [-0.2, -0.15) is 0 Å². The molecule has 1 atom stereocenters. The van der Waals surface area contributed by atoms with Gasteiger partial charge < -0.3 is 10.2 Å². The van der Waals surface area contributed by atoms with E-state index in [4.69, 9.17) is 23.2 Å². The molecule has 1 fully saturated rings. The summed E-state index contributed by atoms with van der Waals surface area (Å²) in [6.45, 7) is 0.956. The molecule has 1 aliphatic heterocycles. The van der Waals surface area contributed by atoms with Crippen molar-refractivity contribution in [3.8, 4) is 0 Å². The van der Waals surface area contributed by atoms with Crippen LogP contribution in [-0.4, -0.2) is 24.9 Å². The van der Waals surface area contributed by atoms with Crippen molar-refractivity contribution in [3.63, 3.8) is 0 Å². The number of para-hydroxylation sites is 1. The molecule has 1 unspecified atom stereocenters. The third kappa shape index (κ3) is 4.40. The Balaban J connectivity index is 1.57. The first-order chi connectivity index (χ1) is 12.5. The predicted octanol–water partition coefficient (Wildman–Crippen LogP) is 4.47. The number of hydrogen-bond acceptors (Lipinski definition) is 2. The number of carbonyl (C=O) groups is 2. The van der Waals surface area contributed by atoms with E-state index in [0.29, 0.717) is 36.0 Å². The van der Waals surface area contributed by atoms with Gasteiger partial charge in [-0.3, -0.25) is 9.59 Å². The van der Waals surface area contributed by atoms with E-state index in [-0.39, 0.29) is 11.8 Å². The van der Waals surface area contributed by atoms with E-state index in [2.05, 4.69) is 21.2 Å². The molecule has 0 bridgehead atoms. The van der Waals surface area contributed by atoms with Crippen LogP contribution in [0.2, 0.25) is 10.0 Å². The van der Waals surface area contributed by atoms with Gasteiger partial charge in [0.1, 0.15) is 5.92 Å². The number of halogens is 3. The van der Waals surface area contributed by atoms with Crippen LogP contribution in [0.5, 0.6) is 0 Å². The summed E-state index contributed by atoms with van der Waals surface area (Å²) in [5.74, 6) is -1.05. The Labute approximate surface area is 170 Å². The molecule has 2 aromatic carbocycles. The van der Waals surface area contributed by atoms with E-state index in [9.17, 15) is 9.59 Å². The number of rotatable bonds is 5. The second kappa shape index (κ2) is 8.42. The molecule has 0 radical (unpaired) electrons. The van der Waals surface area contributed by atoms with Crippen molar-refractivity contribution >= 4 is 56.6 Å². The van der Waals surface area contributed by atoms with Gasteiger partial charge in [0, 0.05) is 27.6 Å². The van der Waals surface area contributed by atoms with Crippen molar-refractivity contribution in [2.45, 2.75) is 12.8 Å². The molecule has 0 aromatic heterocycles. The summed E-state index contributed by atoms with van der Waals surface area (Å²) in [6, 6.07) is 12.8. The number of nitrogens with one attached hydrogen (secondary N) is 1. The monoisotopic (exact) mass is 454 g/mol.